The Balaban J connectivity index is 2.82. The number of carbonyl (C=O) groups is 1. The molecule has 0 heterocycles. The van der Waals surface area contributed by atoms with E-state index in [0.717, 1.165) is 11.3 Å². The fourth-order valence-electron chi connectivity index (χ4n) is 1.26. The second kappa shape index (κ2) is 7.17. The second-order valence-electron chi connectivity index (χ2n) is 3.38. The summed E-state index contributed by atoms with van der Waals surface area (Å²) in [6.45, 7) is 0. The zero-order chi connectivity index (χ0) is 13.4. The highest BCUT2D eigenvalue weighted by molar-refractivity contribution is 5.82. The zero-order valence-corrected chi connectivity index (χ0v) is 10.7. The van der Waals surface area contributed by atoms with Crippen molar-refractivity contribution in [1.29, 1.82) is 0 Å². The first-order chi connectivity index (χ1) is 8.69. The summed E-state index contributed by atoms with van der Waals surface area (Å²) in [7, 11) is 4.48. The van der Waals surface area contributed by atoms with Gasteiger partial charge >= 0.3 is 5.97 Å². The summed E-state index contributed by atoms with van der Waals surface area (Å²) in [4.78, 5) is 11.0. The third-order valence-electron chi connectivity index (χ3n) is 2.25. The van der Waals surface area contributed by atoms with Crippen LogP contribution >= 0.6 is 0 Å². The molecule has 0 bridgehead atoms. The molecule has 18 heavy (non-hydrogen) atoms. The van der Waals surface area contributed by atoms with Gasteiger partial charge in [0.25, 0.3) is 0 Å². The normalized spacial score (nSPS) is 11.4. The molecule has 4 nitrogen and oxygen atoms in total. The number of allylic oxidation sites excluding steroid dienone is 1. The van der Waals surface area contributed by atoms with E-state index in [1.165, 1.54) is 20.3 Å². The van der Waals surface area contributed by atoms with E-state index in [2.05, 4.69) is 4.74 Å². The number of carbonyl (C=O) groups excluding carboxylic acids is 1. The maximum Gasteiger partial charge on any atom is 0.330 e. The molecular formula is C14H16O4. The van der Waals surface area contributed by atoms with Crippen LogP contribution in [0.1, 0.15) is 5.56 Å². The van der Waals surface area contributed by atoms with Crippen molar-refractivity contribution in [2.45, 2.75) is 0 Å². The van der Waals surface area contributed by atoms with Crippen LogP contribution in [-0.4, -0.2) is 27.3 Å². The van der Waals surface area contributed by atoms with Gasteiger partial charge in [0, 0.05) is 6.08 Å². The smallest absolute Gasteiger partial charge is 0.330 e. The van der Waals surface area contributed by atoms with E-state index in [0.29, 0.717) is 5.76 Å². The number of benzene rings is 1. The average molecular weight is 248 g/mol. The second-order valence-corrected chi connectivity index (χ2v) is 3.38. The fraction of sp³-hybridized carbons (Fsp3) is 0.214. The number of methoxy groups -OCH3 is 3. The van der Waals surface area contributed by atoms with Crippen molar-refractivity contribution < 1.29 is 19.0 Å². The Hall–Kier alpha value is -2.23. The Morgan fingerprint density at radius 3 is 2.17 bits per heavy atom. The molecule has 0 atom stereocenters. The summed E-state index contributed by atoms with van der Waals surface area (Å²) in [5.74, 6) is 0.925. The maximum atomic E-state index is 11.0. The first-order valence-electron chi connectivity index (χ1n) is 5.35. The lowest BCUT2D eigenvalue weighted by molar-refractivity contribution is -0.134. The SMILES string of the molecule is COC(=O)/C=C/C(=C/c1ccc(OC)cc1)OC. The molecule has 0 aliphatic carbocycles. The number of rotatable bonds is 5. The third-order valence-corrected chi connectivity index (χ3v) is 2.25. The molecule has 1 aromatic carbocycles. The molecule has 4 heteroatoms. The Morgan fingerprint density at radius 1 is 1.00 bits per heavy atom. The monoisotopic (exact) mass is 248 g/mol. The number of hydrogen-bond acceptors (Lipinski definition) is 4. The highest BCUT2D eigenvalue weighted by Crippen LogP contribution is 2.14. The van der Waals surface area contributed by atoms with Crippen molar-refractivity contribution in [3.8, 4) is 5.75 Å². The molecular weight excluding hydrogens is 232 g/mol. The standard InChI is InChI=1S/C14H16O4/c1-16-12-6-4-11(5-7-12)10-13(17-2)8-9-14(15)18-3/h4-10H,1-3H3/b9-8+,13-10-. The molecule has 0 saturated carbocycles. The van der Waals surface area contributed by atoms with Crippen molar-refractivity contribution in [2.24, 2.45) is 0 Å². The molecule has 1 aromatic rings. The van der Waals surface area contributed by atoms with Crippen molar-refractivity contribution in [3.05, 3.63) is 47.7 Å². The summed E-state index contributed by atoms with van der Waals surface area (Å²) < 4.78 is 14.7. The van der Waals surface area contributed by atoms with Crippen molar-refractivity contribution in [1.82, 2.24) is 0 Å². The van der Waals surface area contributed by atoms with Crippen LogP contribution in [0.15, 0.2) is 42.2 Å². The summed E-state index contributed by atoms with van der Waals surface area (Å²) in [6.07, 6.45) is 4.66. The maximum absolute atomic E-state index is 11.0. The van der Waals surface area contributed by atoms with E-state index >= 15 is 0 Å². The Kier molecular flexibility index (Phi) is 5.51. The quantitative estimate of drug-likeness (QED) is 0.347. The van der Waals surface area contributed by atoms with Crippen LogP contribution in [0.5, 0.6) is 5.75 Å². The van der Waals surface area contributed by atoms with Crippen molar-refractivity contribution >= 4 is 12.0 Å². The van der Waals surface area contributed by atoms with Crippen molar-refractivity contribution in [2.75, 3.05) is 21.3 Å². The molecule has 0 radical (unpaired) electrons. The number of hydrogen-bond donors (Lipinski definition) is 0. The Morgan fingerprint density at radius 2 is 1.67 bits per heavy atom. The molecule has 0 N–H and O–H groups in total. The fourth-order valence-corrected chi connectivity index (χ4v) is 1.26. The number of esters is 1. The minimum Gasteiger partial charge on any atom is -0.497 e. The van der Waals surface area contributed by atoms with Crippen LogP contribution in [0.4, 0.5) is 0 Å². The van der Waals surface area contributed by atoms with Gasteiger partial charge in [-0.3, -0.25) is 0 Å². The van der Waals surface area contributed by atoms with Crippen LogP contribution in [0.2, 0.25) is 0 Å². The topological polar surface area (TPSA) is 44.8 Å². The third kappa shape index (κ3) is 4.33. The average Bonchev–Trinajstić information content (AvgIpc) is 2.43. The molecule has 0 aliphatic rings. The lowest BCUT2D eigenvalue weighted by Crippen LogP contribution is -1.94. The van der Waals surface area contributed by atoms with E-state index in [9.17, 15) is 4.79 Å². The van der Waals surface area contributed by atoms with E-state index in [1.54, 1.807) is 19.3 Å². The first-order valence-corrected chi connectivity index (χ1v) is 5.35. The van der Waals surface area contributed by atoms with Crippen LogP contribution in [0.3, 0.4) is 0 Å². The van der Waals surface area contributed by atoms with E-state index < -0.39 is 5.97 Å². The van der Waals surface area contributed by atoms with E-state index in [4.69, 9.17) is 9.47 Å². The molecule has 96 valence electrons. The molecule has 0 fully saturated rings. The minimum atomic E-state index is -0.423. The van der Waals surface area contributed by atoms with E-state index in [1.807, 2.05) is 24.3 Å². The van der Waals surface area contributed by atoms with Gasteiger partial charge in [-0.1, -0.05) is 12.1 Å². The summed E-state index contributed by atoms with van der Waals surface area (Å²) >= 11 is 0. The van der Waals surface area contributed by atoms with Crippen LogP contribution in [0.25, 0.3) is 6.08 Å². The van der Waals surface area contributed by atoms with Gasteiger partial charge in [0.15, 0.2) is 0 Å². The van der Waals surface area contributed by atoms with E-state index in [-0.39, 0.29) is 0 Å². The molecule has 0 saturated heterocycles. The predicted octanol–water partition coefficient (Wildman–Crippen LogP) is 2.41. The van der Waals surface area contributed by atoms with Gasteiger partial charge in [0.2, 0.25) is 0 Å². The van der Waals surface area contributed by atoms with Crippen LogP contribution in [0, 0.1) is 0 Å². The molecule has 0 aliphatic heterocycles. The summed E-state index contributed by atoms with van der Waals surface area (Å²) in [5.41, 5.74) is 0.946. The molecule has 1 rings (SSSR count). The largest absolute Gasteiger partial charge is 0.497 e. The van der Waals surface area contributed by atoms with Gasteiger partial charge in [-0.25, -0.2) is 4.79 Å². The lowest BCUT2D eigenvalue weighted by atomic mass is 10.2. The summed E-state index contributed by atoms with van der Waals surface area (Å²) in [6, 6.07) is 7.49. The summed E-state index contributed by atoms with van der Waals surface area (Å²) in [5, 5.41) is 0. The lowest BCUT2D eigenvalue weighted by Gasteiger charge is -2.02. The van der Waals surface area contributed by atoms with Gasteiger partial charge in [0.1, 0.15) is 11.5 Å². The minimum absolute atomic E-state index is 0.423. The van der Waals surface area contributed by atoms with Gasteiger partial charge < -0.3 is 14.2 Å². The zero-order valence-electron chi connectivity index (χ0n) is 10.7. The molecule has 0 unspecified atom stereocenters. The first kappa shape index (κ1) is 13.8. The predicted molar refractivity (Wildman–Crippen MR) is 69.1 cm³/mol. The highest BCUT2D eigenvalue weighted by Gasteiger charge is 1.96. The molecule has 0 spiro atoms. The van der Waals surface area contributed by atoms with Gasteiger partial charge in [-0.15, -0.1) is 0 Å². The van der Waals surface area contributed by atoms with Gasteiger partial charge in [-0.05, 0) is 29.8 Å². The van der Waals surface area contributed by atoms with Crippen LogP contribution < -0.4 is 4.74 Å². The van der Waals surface area contributed by atoms with Gasteiger partial charge in [0.05, 0.1) is 21.3 Å². The van der Waals surface area contributed by atoms with Crippen LogP contribution in [-0.2, 0) is 14.3 Å². The van der Waals surface area contributed by atoms with Gasteiger partial charge in [-0.2, -0.15) is 0 Å². The van der Waals surface area contributed by atoms with Crippen molar-refractivity contribution in [3.63, 3.8) is 0 Å². The Bertz CT molecular complexity index is 443. The molecule has 0 amide bonds. The molecule has 0 aromatic heterocycles. The highest BCUT2D eigenvalue weighted by atomic mass is 16.5. The Labute approximate surface area is 106 Å². The number of ether oxygens (including phenoxy) is 3.